The normalized spacial score (nSPS) is 17.1. The summed E-state index contributed by atoms with van der Waals surface area (Å²) in [7, 11) is 0. The summed E-state index contributed by atoms with van der Waals surface area (Å²) in [5.41, 5.74) is 0.508. The van der Waals surface area contributed by atoms with Crippen LogP contribution >= 0.6 is 0 Å². The lowest BCUT2D eigenvalue weighted by molar-refractivity contribution is -0.122. The number of anilines is 1. The Morgan fingerprint density at radius 2 is 2.17 bits per heavy atom. The van der Waals surface area contributed by atoms with Gasteiger partial charge in [-0.15, -0.1) is 0 Å². The molecule has 4 heteroatoms. The molecule has 0 aromatic heterocycles. The van der Waals surface area contributed by atoms with Gasteiger partial charge in [-0.2, -0.15) is 5.26 Å². The molecule has 0 atom stereocenters. The van der Waals surface area contributed by atoms with Gasteiger partial charge in [-0.05, 0) is 30.5 Å². The lowest BCUT2D eigenvalue weighted by Gasteiger charge is -2.19. The minimum Gasteiger partial charge on any atom is -0.392 e. The Balaban J connectivity index is 2.13. The number of hydrogen-bond acceptors (Lipinski definition) is 3. The molecule has 94 valence electrons. The van der Waals surface area contributed by atoms with Crippen molar-refractivity contribution in [3.63, 3.8) is 0 Å². The number of amides is 1. The second-order valence-electron chi connectivity index (χ2n) is 4.71. The highest BCUT2D eigenvalue weighted by Crippen LogP contribution is 2.38. The van der Waals surface area contributed by atoms with Gasteiger partial charge in [-0.25, -0.2) is 0 Å². The fourth-order valence-corrected chi connectivity index (χ4v) is 2.37. The molecule has 1 aliphatic rings. The first-order chi connectivity index (χ1) is 8.70. The lowest BCUT2D eigenvalue weighted by atomic mass is 9.87. The molecule has 0 radical (unpaired) electrons. The number of nitriles is 1. The van der Waals surface area contributed by atoms with E-state index in [0.717, 1.165) is 18.4 Å². The van der Waals surface area contributed by atoms with E-state index in [1.807, 2.05) is 0 Å². The smallest absolute Gasteiger partial charge is 0.244 e. The first-order valence-electron chi connectivity index (χ1n) is 6.13. The van der Waals surface area contributed by atoms with Gasteiger partial charge < -0.3 is 10.4 Å². The van der Waals surface area contributed by atoms with E-state index < -0.39 is 5.41 Å². The minimum absolute atomic E-state index is 0.0624. The highest BCUT2D eigenvalue weighted by molar-refractivity contribution is 5.97. The van der Waals surface area contributed by atoms with E-state index in [9.17, 15) is 10.1 Å². The van der Waals surface area contributed by atoms with E-state index in [1.165, 1.54) is 0 Å². The molecule has 0 heterocycles. The number of benzene rings is 1. The molecule has 2 rings (SSSR count). The second-order valence-corrected chi connectivity index (χ2v) is 4.71. The summed E-state index contributed by atoms with van der Waals surface area (Å²) in [6.07, 6.45) is 3.12. The summed E-state index contributed by atoms with van der Waals surface area (Å²) in [5.74, 6) is -0.224. The second kappa shape index (κ2) is 5.19. The Morgan fingerprint density at radius 1 is 1.44 bits per heavy atom. The molecule has 1 fully saturated rings. The van der Waals surface area contributed by atoms with Crippen molar-refractivity contribution in [1.29, 1.82) is 5.26 Å². The van der Waals surface area contributed by atoms with Gasteiger partial charge in [0.15, 0.2) is 0 Å². The Morgan fingerprint density at radius 3 is 2.78 bits per heavy atom. The van der Waals surface area contributed by atoms with Gasteiger partial charge in [-0.3, -0.25) is 4.79 Å². The van der Waals surface area contributed by atoms with E-state index in [2.05, 4.69) is 11.4 Å². The number of carbonyl (C=O) groups excluding carboxylic acids is 1. The summed E-state index contributed by atoms with van der Waals surface area (Å²) in [6, 6.07) is 9.20. The van der Waals surface area contributed by atoms with Crippen LogP contribution in [0, 0.1) is 16.7 Å². The maximum Gasteiger partial charge on any atom is 0.244 e. The quantitative estimate of drug-likeness (QED) is 0.856. The van der Waals surface area contributed by atoms with Gasteiger partial charge >= 0.3 is 0 Å². The van der Waals surface area contributed by atoms with Gasteiger partial charge in [0.25, 0.3) is 0 Å². The van der Waals surface area contributed by atoms with Crippen LogP contribution in [0.3, 0.4) is 0 Å². The molecule has 1 amide bonds. The van der Waals surface area contributed by atoms with Crippen molar-refractivity contribution in [1.82, 2.24) is 0 Å². The number of aliphatic hydroxyl groups excluding tert-OH is 1. The number of aliphatic hydroxyl groups is 1. The molecule has 2 N–H and O–H groups in total. The minimum atomic E-state index is -0.866. The summed E-state index contributed by atoms with van der Waals surface area (Å²) >= 11 is 0. The number of rotatable bonds is 3. The van der Waals surface area contributed by atoms with Crippen LogP contribution in [0.15, 0.2) is 24.3 Å². The maximum absolute atomic E-state index is 12.2. The molecule has 1 aromatic rings. The Kier molecular flexibility index (Phi) is 3.63. The molecule has 18 heavy (non-hydrogen) atoms. The van der Waals surface area contributed by atoms with E-state index in [4.69, 9.17) is 5.11 Å². The third-order valence-electron chi connectivity index (χ3n) is 3.47. The first-order valence-corrected chi connectivity index (χ1v) is 6.13. The van der Waals surface area contributed by atoms with Crippen molar-refractivity contribution in [2.24, 2.45) is 5.41 Å². The van der Waals surface area contributed by atoms with Crippen molar-refractivity contribution < 1.29 is 9.90 Å². The number of nitrogens with zero attached hydrogens (tertiary/aromatic N) is 1. The van der Waals surface area contributed by atoms with Crippen LogP contribution < -0.4 is 5.32 Å². The fraction of sp³-hybridized carbons (Fsp3) is 0.429. The molecule has 4 nitrogen and oxygen atoms in total. The molecular weight excluding hydrogens is 228 g/mol. The summed E-state index contributed by atoms with van der Waals surface area (Å²) < 4.78 is 0. The molecule has 1 aromatic carbocycles. The van der Waals surface area contributed by atoms with Crippen molar-refractivity contribution in [2.45, 2.75) is 32.3 Å². The average molecular weight is 244 g/mol. The standard InChI is InChI=1S/C14H16N2O2/c15-10-14(6-1-2-7-14)13(18)16-12-5-3-4-11(8-12)9-17/h3-5,8,17H,1-2,6-7,9H2,(H,16,18). The van der Waals surface area contributed by atoms with E-state index >= 15 is 0 Å². The monoisotopic (exact) mass is 244 g/mol. The third-order valence-corrected chi connectivity index (χ3v) is 3.47. The molecule has 0 aliphatic heterocycles. The summed E-state index contributed by atoms with van der Waals surface area (Å²) in [4.78, 5) is 12.2. The Labute approximate surface area is 106 Å². The van der Waals surface area contributed by atoms with Gasteiger partial charge in [-0.1, -0.05) is 25.0 Å². The van der Waals surface area contributed by atoms with Gasteiger partial charge in [0.2, 0.25) is 5.91 Å². The number of carbonyl (C=O) groups is 1. The molecule has 1 saturated carbocycles. The fourth-order valence-electron chi connectivity index (χ4n) is 2.37. The van der Waals surface area contributed by atoms with Crippen molar-refractivity contribution in [3.8, 4) is 6.07 Å². The summed E-state index contributed by atoms with van der Waals surface area (Å²) in [5, 5.41) is 21.0. The highest BCUT2D eigenvalue weighted by atomic mass is 16.3. The molecule has 0 unspecified atom stereocenters. The van der Waals surface area contributed by atoms with Crippen LogP contribution in [-0.2, 0) is 11.4 Å². The number of hydrogen-bond donors (Lipinski definition) is 2. The zero-order valence-corrected chi connectivity index (χ0v) is 10.1. The Bertz CT molecular complexity index is 485. The van der Waals surface area contributed by atoms with Crippen LogP contribution in [0.1, 0.15) is 31.2 Å². The average Bonchev–Trinajstić information content (AvgIpc) is 2.89. The lowest BCUT2D eigenvalue weighted by Crippen LogP contribution is -2.32. The van der Waals surface area contributed by atoms with Crippen LogP contribution in [0.2, 0.25) is 0 Å². The van der Waals surface area contributed by atoms with Crippen molar-refractivity contribution in [3.05, 3.63) is 29.8 Å². The number of nitrogens with one attached hydrogen (secondary N) is 1. The van der Waals surface area contributed by atoms with Crippen LogP contribution in [0.4, 0.5) is 5.69 Å². The largest absolute Gasteiger partial charge is 0.392 e. The molecule has 0 saturated heterocycles. The zero-order chi connectivity index (χ0) is 13.0. The zero-order valence-electron chi connectivity index (χ0n) is 10.1. The van der Waals surface area contributed by atoms with Crippen LogP contribution in [0.25, 0.3) is 0 Å². The van der Waals surface area contributed by atoms with Crippen LogP contribution in [0.5, 0.6) is 0 Å². The van der Waals surface area contributed by atoms with Crippen molar-refractivity contribution in [2.75, 3.05) is 5.32 Å². The van der Waals surface area contributed by atoms with E-state index in [0.29, 0.717) is 18.5 Å². The topological polar surface area (TPSA) is 73.1 Å². The molecule has 0 bridgehead atoms. The van der Waals surface area contributed by atoms with Crippen LogP contribution in [-0.4, -0.2) is 11.0 Å². The molecule has 0 spiro atoms. The predicted molar refractivity (Wildman–Crippen MR) is 67.5 cm³/mol. The SMILES string of the molecule is N#CC1(C(=O)Nc2cccc(CO)c2)CCCC1. The Hall–Kier alpha value is -1.86. The maximum atomic E-state index is 12.2. The highest BCUT2D eigenvalue weighted by Gasteiger charge is 2.41. The van der Waals surface area contributed by atoms with Gasteiger partial charge in [0.05, 0.1) is 12.7 Å². The third kappa shape index (κ3) is 2.36. The van der Waals surface area contributed by atoms with E-state index in [-0.39, 0.29) is 12.5 Å². The molecular formula is C14H16N2O2. The van der Waals surface area contributed by atoms with Gasteiger partial charge in [0.1, 0.15) is 5.41 Å². The van der Waals surface area contributed by atoms with E-state index in [1.54, 1.807) is 24.3 Å². The first kappa shape index (κ1) is 12.6. The molecule has 1 aliphatic carbocycles. The predicted octanol–water partition coefficient (Wildman–Crippen LogP) is 2.20. The summed E-state index contributed by atoms with van der Waals surface area (Å²) in [6.45, 7) is -0.0624. The van der Waals surface area contributed by atoms with Crippen molar-refractivity contribution >= 4 is 11.6 Å². The van der Waals surface area contributed by atoms with Gasteiger partial charge in [0, 0.05) is 5.69 Å².